The van der Waals surface area contributed by atoms with Gasteiger partial charge in [-0.1, -0.05) is 41.9 Å². The van der Waals surface area contributed by atoms with Crippen molar-refractivity contribution in [2.24, 2.45) is 0 Å². The minimum atomic E-state index is -0.805. The van der Waals surface area contributed by atoms with Gasteiger partial charge in [-0.3, -0.25) is 14.5 Å². The van der Waals surface area contributed by atoms with Crippen molar-refractivity contribution in [1.29, 1.82) is 0 Å². The molecule has 178 valence electrons. The van der Waals surface area contributed by atoms with E-state index >= 15 is 0 Å². The molecule has 1 aliphatic heterocycles. The molecule has 5 nitrogen and oxygen atoms in total. The Morgan fingerprint density at radius 2 is 1.74 bits per heavy atom. The Bertz CT molecular complexity index is 1330. The molecule has 6 heteroatoms. The average molecular weight is 488 g/mol. The van der Waals surface area contributed by atoms with Gasteiger partial charge in [0, 0.05) is 16.3 Å². The standard InChI is InChI=1S/C29H26ClNO4/c1-2-35-24-14-12-19(13-15-24)26-25(27(32)21-11-10-18-6-3-4-7-20(18)16-21)28(33)29(34)31(26)23-9-5-8-22(30)17-23/h5,8-17,26,32H,2-4,6-7H2,1H3/b27-25-. The zero-order valence-corrected chi connectivity index (χ0v) is 20.2. The van der Waals surface area contributed by atoms with Gasteiger partial charge in [0.05, 0.1) is 18.2 Å². The topological polar surface area (TPSA) is 66.8 Å². The fraction of sp³-hybridized carbons (Fsp3) is 0.241. The van der Waals surface area contributed by atoms with Crippen molar-refractivity contribution >= 4 is 34.7 Å². The number of Topliss-reactive ketones (excluding diaryl/α,β-unsaturated/α-hetero) is 1. The number of rotatable bonds is 5. The molecule has 1 atom stereocenters. The van der Waals surface area contributed by atoms with E-state index in [1.54, 1.807) is 36.4 Å². The third-order valence-electron chi connectivity index (χ3n) is 6.66. The number of nitrogens with zero attached hydrogens (tertiary/aromatic N) is 1. The second-order valence-electron chi connectivity index (χ2n) is 8.84. The van der Waals surface area contributed by atoms with Crippen LogP contribution in [0.2, 0.25) is 5.02 Å². The molecular weight excluding hydrogens is 462 g/mol. The Morgan fingerprint density at radius 1 is 1.00 bits per heavy atom. The van der Waals surface area contributed by atoms with Crippen LogP contribution in [0.5, 0.6) is 5.75 Å². The summed E-state index contributed by atoms with van der Waals surface area (Å²) in [7, 11) is 0. The van der Waals surface area contributed by atoms with Crippen molar-refractivity contribution in [2.45, 2.75) is 38.6 Å². The molecule has 2 aliphatic rings. The summed E-state index contributed by atoms with van der Waals surface area (Å²) in [5, 5.41) is 11.9. The Morgan fingerprint density at radius 3 is 2.46 bits per heavy atom. The predicted octanol–water partition coefficient (Wildman–Crippen LogP) is 6.24. The molecule has 1 unspecified atom stereocenters. The molecule has 1 aliphatic carbocycles. The monoisotopic (exact) mass is 487 g/mol. The number of hydrogen-bond donors (Lipinski definition) is 1. The first-order chi connectivity index (χ1) is 17.0. The number of halogens is 1. The van der Waals surface area contributed by atoms with Gasteiger partial charge in [-0.2, -0.15) is 0 Å². The summed E-state index contributed by atoms with van der Waals surface area (Å²) in [4.78, 5) is 28.1. The van der Waals surface area contributed by atoms with Gasteiger partial charge in [0.1, 0.15) is 11.5 Å². The molecule has 0 bridgehead atoms. The first-order valence-electron chi connectivity index (χ1n) is 11.9. The van der Waals surface area contributed by atoms with E-state index in [9.17, 15) is 14.7 Å². The Kier molecular flexibility index (Phi) is 6.35. The lowest BCUT2D eigenvalue weighted by Gasteiger charge is -2.26. The molecule has 3 aromatic carbocycles. The van der Waals surface area contributed by atoms with Crippen LogP contribution < -0.4 is 9.64 Å². The smallest absolute Gasteiger partial charge is 0.300 e. The van der Waals surface area contributed by atoms with Crippen LogP contribution in [0.3, 0.4) is 0 Å². The quantitative estimate of drug-likeness (QED) is 0.262. The highest BCUT2D eigenvalue weighted by Crippen LogP contribution is 2.43. The summed E-state index contributed by atoms with van der Waals surface area (Å²) in [6.45, 7) is 2.43. The number of aryl methyl sites for hydroxylation is 2. The van der Waals surface area contributed by atoms with E-state index in [0.717, 1.165) is 25.7 Å². The number of hydrogen-bond acceptors (Lipinski definition) is 4. The highest BCUT2D eigenvalue weighted by Gasteiger charge is 2.47. The van der Waals surface area contributed by atoms with E-state index in [0.29, 0.717) is 34.2 Å². The summed E-state index contributed by atoms with van der Waals surface area (Å²) in [6.07, 6.45) is 4.21. The van der Waals surface area contributed by atoms with Gasteiger partial charge < -0.3 is 9.84 Å². The van der Waals surface area contributed by atoms with Crippen molar-refractivity contribution in [1.82, 2.24) is 0 Å². The Labute approximate surface area is 209 Å². The lowest BCUT2D eigenvalue weighted by Crippen LogP contribution is -2.29. The van der Waals surface area contributed by atoms with Crippen LogP contribution in [0, 0.1) is 0 Å². The van der Waals surface area contributed by atoms with Crippen LogP contribution >= 0.6 is 11.6 Å². The molecule has 35 heavy (non-hydrogen) atoms. The van der Waals surface area contributed by atoms with Crippen molar-refractivity contribution in [3.8, 4) is 5.75 Å². The molecule has 1 fully saturated rings. The molecule has 5 rings (SSSR count). The molecule has 0 saturated carbocycles. The molecule has 0 radical (unpaired) electrons. The van der Waals surface area contributed by atoms with Crippen molar-refractivity contribution < 1.29 is 19.4 Å². The van der Waals surface area contributed by atoms with E-state index in [4.69, 9.17) is 16.3 Å². The normalized spacial score (nSPS) is 19.0. The first-order valence-corrected chi connectivity index (χ1v) is 12.3. The number of ketones is 1. The molecule has 1 N–H and O–H groups in total. The number of fused-ring (bicyclic) bond motifs is 1. The molecule has 1 saturated heterocycles. The highest BCUT2D eigenvalue weighted by atomic mass is 35.5. The minimum absolute atomic E-state index is 0.0647. The van der Waals surface area contributed by atoms with Gasteiger partial charge >= 0.3 is 0 Å². The second kappa shape index (κ2) is 9.59. The summed E-state index contributed by atoms with van der Waals surface area (Å²) >= 11 is 6.22. The Balaban J connectivity index is 1.67. The van der Waals surface area contributed by atoms with E-state index < -0.39 is 17.7 Å². The number of carbonyl (C=O) groups is 2. The largest absolute Gasteiger partial charge is 0.507 e. The third-order valence-corrected chi connectivity index (χ3v) is 6.89. The Hall–Kier alpha value is -3.57. The number of aliphatic hydroxyl groups is 1. The summed E-state index contributed by atoms with van der Waals surface area (Å²) in [5.41, 5.74) is 4.24. The average Bonchev–Trinajstić information content (AvgIpc) is 3.14. The van der Waals surface area contributed by atoms with Gasteiger partial charge in [-0.05, 0) is 85.7 Å². The fourth-order valence-corrected chi connectivity index (χ4v) is 5.17. The zero-order valence-electron chi connectivity index (χ0n) is 19.5. The van der Waals surface area contributed by atoms with E-state index in [1.807, 2.05) is 37.3 Å². The van der Waals surface area contributed by atoms with Gasteiger partial charge in [0.15, 0.2) is 0 Å². The van der Waals surface area contributed by atoms with Crippen LogP contribution in [0.15, 0.2) is 72.3 Å². The zero-order chi connectivity index (χ0) is 24.5. The molecule has 1 heterocycles. The van der Waals surface area contributed by atoms with E-state index in [1.165, 1.54) is 16.0 Å². The van der Waals surface area contributed by atoms with Gasteiger partial charge in [-0.25, -0.2) is 0 Å². The maximum Gasteiger partial charge on any atom is 0.300 e. The van der Waals surface area contributed by atoms with Crippen LogP contribution in [-0.4, -0.2) is 23.4 Å². The highest BCUT2D eigenvalue weighted by molar-refractivity contribution is 6.51. The number of carbonyl (C=O) groups excluding carboxylic acids is 2. The molecular formula is C29H26ClNO4. The molecule has 0 spiro atoms. The third kappa shape index (κ3) is 4.32. The second-order valence-corrected chi connectivity index (χ2v) is 9.28. The molecule has 1 amide bonds. The van der Waals surface area contributed by atoms with Crippen LogP contribution in [0.1, 0.15) is 48.1 Å². The number of ether oxygens (including phenoxy) is 1. The fourth-order valence-electron chi connectivity index (χ4n) is 4.99. The number of amides is 1. The molecule has 3 aromatic rings. The minimum Gasteiger partial charge on any atom is -0.507 e. The summed E-state index contributed by atoms with van der Waals surface area (Å²) in [6, 6.07) is 19.1. The maximum absolute atomic E-state index is 13.4. The van der Waals surface area contributed by atoms with Crippen LogP contribution in [0.4, 0.5) is 5.69 Å². The number of anilines is 1. The summed E-state index contributed by atoms with van der Waals surface area (Å²) in [5.74, 6) is -0.907. The van der Waals surface area contributed by atoms with Crippen molar-refractivity contribution in [3.05, 3.63) is 99.6 Å². The van der Waals surface area contributed by atoms with Gasteiger partial charge in [0.25, 0.3) is 11.7 Å². The SMILES string of the molecule is CCOc1ccc(C2/C(=C(/O)c3ccc4c(c3)CCCC4)C(=O)C(=O)N2c2cccc(Cl)c2)cc1. The van der Waals surface area contributed by atoms with Gasteiger partial charge in [0.2, 0.25) is 0 Å². The lowest BCUT2D eigenvalue weighted by atomic mass is 9.88. The van der Waals surface area contributed by atoms with E-state index in [-0.39, 0.29) is 11.3 Å². The van der Waals surface area contributed by atoms with Crippen molar-refractivity contribution in [3.63, 3.8) is 0 Å². The van der Waals surface area contributed by atoms with Crippen LogP contribution in [-0.2, 0) is 22.4 Å². The number of benzene rings is 3. The maximum atomic E-state index is 13.4. The molecule has 0 aromatic heterocycles. The van der Waals surface area contributed by atoms with Gasteiger partial charge in [-0.15, -0.1) is 0 Å². The van der Waals surface area contributed by atoms with E-state index in [2.05, 4.69) is 0 Å². The lowest BCUT2D eigenvalue weighted by molar-refractivity contribution is -0.132. The summed E-state index contributed by atoms with van der Waals surface area (Å²) < 4.78 is 5.56. The van der Waals surface area contributed by atoms with Crippen LogP contribution in [0.25, 0.3) is 5.76 Å². The number of aliphatic hydroxyl groups excluding tert-OH is 1. The predicted molar refractivity (Wildman–Crippen MR) is 137 cm³/mol. The van der Waals surface area contributed by atoms with Crippen molar-refractivity contribution in [2.75, 3.05) is 11.5 Å². The first kappa shape index (κ1) is 23.2.